The van der Waals surface area contributed by atoms with Gasteiger partial charge in [0.15, 0.2) is 5.54 Å². The molecule has 0 N–H and O–H groups in total. The Morgan fingerprint density at radius 3 is 1.78 bits per heavy atom. The molecule has 4 nitrogen and oxygen atoms in total. The standard InChI is InChI=1S/C23H19NO3/c1-26-22(25)21-17-27-24(20-15-9-4-10-16-20)23(21,18-11-5-2-6-12-18)19-13-7-3-8-14-19/h2-17H,1H3. The summed E-state index contributed by atoms with van der Waals surface area (Å²) in [6.45, 7) is 0. The third-order valence-corrected chi connectivity index (χ3v) is 4.75. The van der Waals surface area contributed by atoms with Gasteiger partial charge in [-0.3, -0.25) is 0 Å². The Morgan fingerprint density at radius 1 is 0.815 bits per heavy atom. The van der Waals surface area contributed by atoms with E-state index in [1.165, 1.54) is 13.4 Å². The van der Waals surface area contributed by atoms with E-state index >= 15 is 0 Å². The van der Waals surface area contributed by atoms with Crippen molar-refractivity contribution in [2.24, 2.45) is 0 Å². The average molecular weight is 357 g/mol. The molecule has 0 radical (unpaired) electrons. The number of ether oxygens (including phenoxy) is 1. The normalized spacial score (nSPS) is 15.0. The molecule has 0 amide bonds. The second-order valence-corrected chi connectivity index (χ2v) is 6.20. The van der Waals surface area contributed by atoms with Crippen molar-refractivity contribution in [1.82, 2.24) is 0 Å². The number of hydrogen-bond donors (Lipinski definition) is 0. The van der Waals surface area contributed by atoms with Crippen LogP contribution in [0.3, 0.4) is 0 Å². The van der Waals surface area contributed by atoms with Crippen molar-refractivity contribution in [1.29, 1.82) is 0 Å². The quantitative estimate of drug-likeness (QED) is 0.647. The van der Waals surface area contributed by atoms with Gasteiger partial charge in [-0.15, -0.1) is 0 Å². The number of hydroxylamine groups is 1. The fraction of sp³-hybridized carbons (Fsp3) is 0.0870. The molecule has 0 spiro atoms. The van der Waals surface area contributed by atoms with Crippen LogP contribution >= 0.6 is 0 Å². The molecule has 0 bridgehead atoms. The topological polar surface area (TPSA) is 38.8 Å². The third kappa shape index (κ3) is 2.66. The molecule has 0 fully saturated rings. The summed E-state index contributed by atoms with van der Waals surface area (Å²) < 4.78 is 5.10. The number of esters is 1. The first kappa shape index (κ1) is 16.9. The first-order valence-electron chi connectivity index (χ1n) is 8.70. The molecule has 0 unspecified atom stereocenters. The van der Waals surface area contributed by atoms with Gasteiger partial charge in [-0.2, -0.15) is 5.06 Å². The van der Waals surface area contributed by atoms with Gasteiger partial charge in [-0.25, -0.2) is 4.79 Å². The van der Waals surface area contributed by atoms with E-state index in [0.29, 0.717) is 5.57 Å². The Labute approximate surface area is 158 Å². The Balaban J connectivity index is 2.03. The van der Waals surface area contributed by atoms with E-state index in [4.69, 9.17) is 9.57 Å². The maximum atomic E-state index is 12.8. The van der Waals surface area contributed by atoms with Crippen LogP contribution in [-0.2, 0) is 19.9 Å². The van der Waals surface area contributed by atoms with Gasteiger partial charge in [0.25, 0.3) is 0 Å². The summed E-state index contributed by atoms with van der Waals surface area (Å²) in [6.07, 6.45) is 1.48. The average Bonchev–Trinajstić information content (AvgIpc) is 3.16. The smallest absolute Gasteiger partial charge is 0.340 e. The lowest BCUT2D eigenvalue weighted by atomic mass is 9.76. The van der Waals surface area contributed by atoms with Crippen molar-refractivity contribution in [2.45, 2.75) is 5.54 Å². The molecule has 0 saturated carbocycles. The molecule has 1 heterocycles. The van der Waals surface area contributed by atoms with Gasteiger partial charge in [0.2, 0.25) is 0 Å². The molecule has 27 heavy (non-hydrogen) atoms. The zero-order valence-electron chi connectivity index (χ0n) is 14.9. The van der Waals surface area contributed by atoms with E-state index in [1.54, 1.807) is 5.06 Å². The first-order chi connectivity index (χ1) is 13.3. The van der Waals surface area contributed by atoms with Crippen LogP contribution in [0.25, 0.3) is 0 Å². The van der Waals surface area contributed by atoms with Crippen LogP contribution in [0.4, 0.5) is 5.69 Å². The number of rotatable bonds is 4. The highest BCUT2D eigenvalue weighted by Gasteiger charge is 2.53. The van der Waals surface area contributed by atoms with E-state index in [-0.39, 0.29) is 0 Å². The molecule has 1 aliphatic heterocycles. The Morgan fingerprint density at radius 2 is 1.30 bits per heavy atom. The van der Waals surface area contributed by atoms with Gasteiger partial charge >= 0.3 is 5.97 Å². The fourth-order valence-corrected chi connectivity index (χ4v) is 3.57. The van der Waals surface area contributed by atoms with Gasteiger partial charge in [-0.1, -0.05) is 78.9 Å². The molecule has 3 aromatic carbocycles. The van der Waals surface area contributed by atoms with Crippen molar-refractivity contribution in [2.75, 3.05) is 12.2 Å². The highest BCUT2D eigenvalue weighted by molar-refractivity contribution is 5.94. The Hall–Kier alpha value is -3.53. The van der Waals surface area contributed by atoms with Crippen LogP contribution in [0.2, 0.25) is 0 Å². The second-order valence-electron chi connectivity index (χ2n) is 6.20. The minimum absolute atomic E-state index is 0.422. The van der Waals surface area contributed by atoms with Crippen LogP contribution in [0.15, 0.2) is 103 Å². The molecule has 0 aromatic heterocycles. The molecular formula is C23H19NO3. The van der Waals surface area contributed by atoms with Crippen LogP contribution in [-0.4, -0.2) is 13.1 Å². The predicted octanol–water partition coefficient (Wildman–Crippen LogP) is 4.44. The number of methoxy groups -OCH3 is 1. The molecule has 4 rings (SSSR count). The molecular weight excluding hydrogens is 338 g/mol. The van der Waals surface area contributed by atoms with Crippen LogP contribution < -0.4 is 5.06 Å². The van der Waals surface area contributed by atoms with Gasteiger partial charge in [0.1, 0.15) is 11.8 Å². The molecule has 134 valence electrons. The monoisotopic (exact) mass is 357 g/mol. The molecule has 1 aliphatic rings. The third-order valence-electron chi connectivity index (χ3n) is 4.75. The lowest BCUT2D eigenvalue weighted by Gasteiger charge is -2.39. The first-order valence-corrected chi connectivity index (χ1v) is 8.70. The van der Waals surface area contributed by atoms with Crippen LogP contribution in [0.5, 0.6) is 0 Å². The lowest BCUT2D eigenvalue weighted by molar-refractivity contribution is -0.136. The zero-order chi connectivity index (χ0) is 18.7. The summed E-state index contributed by atoms with van der Waals surface area (Å²) in [5.41, 5.74) is 2.12. The Bertz CT molecular complexity index is 913. The minimum Gasteiger partial charge on any atom is -0.465 e. The summed E-state index contributed by atoms with van der Waals surface area (Å²) in [7, 11) is 1.38. The highest BCUT2D eigenvalue weighted by Crippen LogP contribution is 2.48. The second kappa shape index (κ2) is 7.00. The maximum absolute atomic E-state index is 12.8. The molecule has 4 heteroatoms. The number of nitrogens with zero attached hydrogens (tertiary/aromatic N) is 1. The van der Waals surface area contributed by atoms with Gasteiger partial charge in [0, 0.05) is 0 Å². The number of anilines is 1. The summed E-state index contributed by atoms with van der Waals surface area (Å²) in [6, 6.07) is 29.4. The maximum Gasteiger partial charge on any atom is 0.340 e. The molecule has 0 saturated heterocycles. The summed E-state index contributed by atoms with van der Waals surface area (Å²) in [5.74, 6) is -0.430. The van der Waals surface area contributed by atoms with Crippen molar-refractivity contribution in [3.63, 3.8) is 0 Å². The van der Waals surface area contributed by atoms with E-state index in [0.717, 1.165) is 16.8 Å². The van der Waals surface area contributed by atoms with Crippen LogP contribution in [0, 0.1) is 0 Å². The summed E-state index contributed by atoms with van der Waals surface area (Å²) in [4.78, 5) is 18.7. The Kier molecular flexibility index (Phi) is 4.38. The molecule has 0 aliphatic carbocycles. The summed E-state index contributed by atoms with van der Waals surface area (Å²) >= 11 is 0. The number of carbonyl (C=O) groups excluding carboxylic acids is 1. The molecule has 3 aromatic rings. The van der Waals surface area contributed by atoms with Gasteiger partial charge in [0.05, 0.1) is 12.8 Å². The number of hydrogen-bond acceptors (Lipinski definition) is 4. The zero-order valence-corrected chi connectivity index (χ0v) is 14.9. The molecule has 0 atom stereocenters. The van der Waals surface area contributed by atoms with E-state index in [1.807, 2.05) is 91.0 Å². The SMILES string of the molecule is COC(=O)C1=CON(c2ccccc2)C1(c1ccccc1)c1ccccc1. The van der Waals surface area contributed by atoms with Gasteiger partial charge < -0.3 is 9.57 Å². The number of carbonyl (C=O) groups is 1. The van der Waals surface area contributed by atoms with Crippen LogP contribution in [0.1, 0.15) is 11.1 Å². The van der Waals surface area contributed by atoms with Gasteiger partial charge in [-0.05, 0) is 23.3 Å². The summed E-state index contributed by atoms with van der Waals surface area (Å²) in [5, 5.41) is 1.77. The number of benzene rings is 3. The van der Waals surface area contributed by atoms with Crippen molar-refractivity contribution in [3.8, 4) is 0 Å². The van der Waals surface area contributed by atoms with E-state index < -0.39 is 11.5 Å². The number of para-hydroxylation sites is 1. The predicted molar refractivity (Wildman–Crippen MR) is 104 cm³/mol. The van der Waals surface area contributed by atoms with Crippen molar-refractivity contribution < 1.29 is 14.4 Å². The van der Waals surface area contributed by atoms with Crippen molar-refractivity contribution >= 4 is 11.7 Å². The minimum atomic E-state index is -0.961. The van der Waals surface area contributed by atoms with Crippen molar-refractivity contribution in [3.05, 3.63) is 114 Å². The highest BCUT2D eigenvalue weighted by atomic mass is 16.7. The van der Waals surface area contributed by atoms with E-state index in [9.17, 15) is 4.79 Å². The van der Waals surface area contributed by atoms with E-state index in [2.05, 4.69) is 0 Å². The fourth-order valence-electron chi connectivity index (χ4n) is 3.57. The lowest BCUT2D eigenvalue weighted by Crippen LogP contribution is -2.46. The largest absolute Gasteiger partial charge is 0.465 e.